The Morgan fingerprint density at radius 2 is 1.76 bits per heavy atom. The van der Waals surface area contributed by atoms with Crippen LogP contribution in [0.15, 0.2) is 0 Å². The van der Waals surface area contributed by atoms with Crippen LogP contribution in [0.25, 0.3) is 0 Å². The smallest absolute Gasteiger partial charge is 0.422 e. The van der Waals surface area contributed by atoms with E-state index in [1.165, 1.54) is 7.11 Å². The maximum atomic E-state index is 11.8. The molecule has 0 fully saturated rings. The third-order valence-electron chi connectivity index (χ3n) is 2.24. The van der Waals surface area contributed by atoms with E-state index in [0.29, 0.717) is 32.4 Å². The Bertz CT molecular complexity index is 310. The SMILES string of the molecule is COCCOC(=O)NCCCCCC(=O)OCC(F)(F)F. The van der Waals surface area contributed by atoms with Gasteiger partial charge in [0.1, 0.15) is 6.61 Å². The fourth-order valence-electron chi connectivity index (χ4n) is 1.26. The Kier molecular flexibility index (Phi) is 10.4. The standard InChI is InChI=1S/C12H20F3NO5/c1-19-7-8-20-11(18)16-6-4-2-3-5-10(17)21-9-12(13,14)15/h2-9H2,1H3,(H,16,18). The van der Waals surface area contributed by atoms with E-state index in [1.54, 1.807) is 0 Å². The summed E-state index contributed by atoms with van der Waals surface area (Å²) in [6, 6.07) is 0. The molecular formula is C12H20F3NO5. The monoisotopic (exact) mass is 315 g/mol. The van der Waals surface area contributed by atoms with E-state index in [2.05, 4.69) is 10.1 Å². The van der Waals surface area contributed by atoms with E-state index >= 15 is 0 Å². The lowest BCUT2D eigenvalue weighted by Crippen LogP contribution is -2.26. The Morgan fingerprint density at radius 1 is 1.05 bits per heavy atom. The van der Waals surface area contributed by atoms with Gasteiger partial charge in [0.2, 0.25) is 0 Å². The molecule has 0 aliphatic heterocycles. The molecule has 124 valence electrons. The molecular weight excluding hydrogens is 295 g/mol. The number of alkyl carbamates (subject to hydrolysis) is 1. The van der Waals surface area contributed by atoms with E-state index in [9.17, 15) is 22.8 Å². The number of halogens is 3. The van der Waals surface area contributed by atoms with Gasteiger partial charge in [-0.25, -0.2) is 4.79 Å². The minimum Gasteiger partial charge on any atom is -0.456 e. The highest BCUT2D eigenvalue weighted by molar-refractivity contribution is 5.69. The zero-order valence-electron chi connectivity index (χ0n) is 11.8. The first-order chi connectivity index (χ1) is 9.85. The molecule has 0 aliphatic carbocycles. The van der Waals surface area contributed by atoms with Gasteiger partial charge in [-0.15, -0.1) is 0 Å². The quantitative estimate of drug-likeness (QED) is 0.493. The summed E-state index contributed by atoms with van der Waals surface area (Å²) < 4.78 is 48.7. The van der Waals surface area contributed by atoms with Crippen LogP contribution < -0.4 is 5.32 Å². The molecule has 1 N–H and O–H groups in total. The van der Waals surface area contributed by atoms with Crippen LogP contribution in [0.4, 0.5) is 18.0 Å². The molecule has 0 aromatic rings. The van der Waals surface area contributed by atoms with Crippen molar-refractivity contribution in [2.45, 2.75) is 31.9 Å². The first-order valence-electron chi connectivity index (χ1n) is 6.47. The number of amides is 1. The van der Waals surface area contributed by atoms with Gasteiger partial charge in [0.15, 0.2) is 6.61 Å². The van der Waals surface area contributed by atoms with Crippen LogP contribution in [0.2, 0.25) is 0 Å². The van der Waals surface area contributed by atoms with E-state index in [1.807, 2.05) is 0 Å². The van der Waals surface area contributed by atoms with Crippen LogP contribution >= 0.6 is 0 Å². The molecule has 0 aromatic carbocycles. The van der Waals surface area contributed by atoms with Crippen molar-refractivity contribution in [1.82, 2.24) is 5.32 Å². The Morgan fingerprint density at radius 3 is 2.38 bits per heavy atom. The summed E-state index contributed by atoms with van der Waals surface area (Å²) in [4.78, 5) is 22.0. The van der Waals surface area contributed by atoms with Gasteiger partial charge < -0.3 is 19.5 Å². The molecule has 0 rings (SSSR count). The van der Waals surface area contributed by atoms with E-state index in [-0.39, 0.29) is 13.0 Å². The van der Waals surface area contributed by atoms with Crippen molar-refractivity contribution >= 4 is 12.1 Å². The van der Waals surface area contributed by atoms with Crippen molar-refractivity contribution in [3.05, 3.63) is 0 Å². The predicted octanol–water partition coefficient (Wildman–Crippen LogP) is 2.02. The number of carbonyl (C=O) groups excluding carboxylic acids is 2. The molecule has 0 unspecified atom stereocenters. The molecule has 0 heterocycles. The summed E-state index contributed by atoms with van der Waals surface area (Å²) in [5.74, 6) is -0.876. The first-order valence-corrected chi connectivity index (χ1v) is 6.47. The van der Waals surface area contributed by atoms with E-state index < -0.39 is 24.8 Å². The van der Waals surface area contributed by atoms with Crippen LogP contribution in [0.1, 0.15) is 25.7 Å². The maximum Gasteiger partial charge on any atom is 0.422 e. The fourth-order valence-corrected chi connectivity index (χ4v) is 1.26. The average Bonchev–Trinajstić information content (AvgIpc) is 2.40. The summed E-state index contributed by atoms with van der Waals surface area (Å²) >= 11 is 0. The first kappa shape index (κ1) is 19.5. The maximum absolute atomic E-state index is 11.8. The van der Waals surface area contributed by atoms with Crippen LogP contribution in [0, 0.1) is 0 Å². The van der Waals surface area contributed by atoms with Crippen LogP contribution in [0.5, 0.6) is 0 Å². The predicted molar refractivity (Wildman–Crippen MR) is 66.7 cm³/mol. The van der Waals surface area contributed by atoms with E-state index in [4.69, 9.17) is 9.47 Å². The number of esters is 1. The molecule has 0 aromatic heterocycles. The summed E-state index contributed by atoms with van der Waals surface area (Å²) in [6.45, 7) is -0.717. The molecule has 0 radical (unpaired) electrons. The number of methoxy groups -OCH3 is 1. The van der Waals surface area contributed by atoms with Gasteiger partial charge in [0.05, 0.1) is 6.61 Å². The number of hydrogen-bond donors (Lipinski definition) is 1. The fraction of sp³-hybridized carbons (Fsp3) is 0.833. The number of ether oxygens (including phenoxy) is 3. The van der Waals surface area contributed by atoms with Crippen molar-refractivity contribution in [2.75, 3.05) is 33.5 Å². The van der Waals surface area contributed by atoms with Gasteiger partial charge in [-0.2, -0.15) is 13.2 Å². The molecule has 0 atom stereocenters. The second-order valence-electron chi connectivity index (χ2n) is 4.14. The van der Waals surface area contributed by atoms with Gasteiger partial charge in [0.25, 0.3) is 0 Å². The summed E-state index contributed by atoms with van der Waals surface area (Å²) in [5, 5.41) is 2.49. The van der Waals surface area contributed by atoms with Crippen LogP contribution in [-0.2, 0) is 19.0 Å². The second kappa shape index (κ2) is 11.2. The number of hydrogen-bond acceptors (Lipinski definition) is 5. The third kappa shape index (κ3) is 14.7. The number of unbranched alkanes of at least 4 members (excludes halogenated alkanes) is 2. The van der Waals surface area contributed by atoms with Crippen molar-refractivity contribution < 1.29 is 37.0 Å². The molecule has 0 saturated heterocycles. The Balaban J connectivity index is 3.39. The second-order valence-corrected chi connectivity index (χ2v) is 4.14. The normalized spacial score (nSPS) is 11.0. The lowest BCUT2D eigenvalue weighted by Gasteiger charge is -2.08. The van der Waals surface area contributed by atoms with Gasteiger partial charge in [-0.3, -0.25) is 4.79 Å². The lowest BCUT2D eigenvalue weighted by molar-refractivity contribution is -0.186. The van der Waals surface area contributed by atoms with Crippen molar-refractivity contribution in [3.63, 3.8) is 0 Å². The molecule has 0 spiro atoms. The average molecular weight is 315 g/mol. The topological polar surface area (TPSA) is 73.9 Å². The zero-order valence-corrected chi connectivity index (χ0v) is 11.8. The molecule has 0 aliphatic rings. The lowest BCUT2D eigenvalue weighted by atomic mass is 10.2. The molecule has 0 saturated carbocycles. The van der Waals surface area contributed by atoms with Crippen molar-refractivity contribution in [3.8, 4) is 0 Å². The molecule has 9 heteroatoms. The van der Waals surface area contributed by atoms with Gasteiger partial charge in [-0.05, 0) is 12.8 Å². The Labute approximate surface area is 120 Å². The zero-order chi connectivity index (χ0) is 16.1. The minimum absolute atomic E-state index is 0.0750. The molecule has 0 bridgehead atoms. The highest BCUT2D eigenvalue weighted by atomic mass is 19.4. The van der Waals surface area contributed by atoms with E-state index in [0.717, 1.165) is 0 Å². The van der Waals surface area contributed by atoms with Crippen molar-refractivity contribution in [2.24, 2.45) is 0 Å². The minimum atomic E-state index is -4.50. The largest absolute Gasteiger partial charge is 0.456 e. The highest BCUT2D eigenvalue weighted by Gasteiger charge is 2.29. The third-order valence-corrected chi connectivity index (χ3v) is 2.24. The molecule has 6 nitrogen and oxygen atoms in total. The highest BCUT2D eigenvalue weighted by Crippen LogP contribution is 2.15. The van der Waals surface area contributed by atoms with Crippen molar-refractivity contribution in [1.29, 1.82) is 0 Å². The van der Waals surface area contributed by atoms with Gasteiger partial charge >= 0.3 is 18.2 Å². The number of nitrogens with one attached hydrogen (secondary N) is 1. The summed E-state index contributed by atoms with van der Waals surface area (Å²) in [6.07, 6.45) is -3.56. The van der Waals surface area contributed by atoms with Crippen LogP contribution in [0.3, 0.4) is 0 Å². The number of rotatable bonds is 10. The Hall–Kier alpha value is -1.51. The summed E-state index contributed by atoms with van der Waals surface area (Å²) in [7, 11) is 1.49. The summed E-state index contributed by atoms with van der Waals surface area (Å²) in [5.41, 5.74) is 0. The number of alkyl halides is 3. The van der Waals surface area contributed by atoms with Gasteiger partial charge in [-0.1, -0.05) is 6.42 Å². The number of carbonyl (C=O) groups is 2. The molecule has 21 heavy (non-hydrogen) atoms. The van der Waals surface area contributed by atoms with Gasteiger partial charge in [0, 0.05) is 20.1 Å². The molecule has 1 amide bonds. The van der Waals surface area contributed by atoms with Crippen LogP contribution in [-0.4, -0.2) is 51.7 Å².